The molecular formula is C34H37N3O5S. The highest BCUT2D eigenvalue weighted by atomic mass is 32.2. The second-order valence-electron chi connectivity index (χ2n) is 10.00. The van der Waals surface area contributed by atoms with Crippen LogP contribution in [0.3, 0.4) is 0 Å². The minimum atomic E-state index is -4.14. The molecule has 4 aromatic rings. The SMILES string of the molecule is CCc1ccccc1N(CC(=O)N(Cc1cccc(OC)c1)C(Cc1ccccc1)C(=O)NC)S(=O)(=O)c1ccccc1. The molecule has 2 amide bonds. The number of anilines is 1. The molecule has 43 heavy (non-hydrogen) atoms. The van der Waals surface area contributed by atoms with Crippen molar-refractivity contribution >= 4 is 27.5 Å². The third-order valence-electron chi connectivity index (χ3n) is 7.26. The van der Waals surface area contributed by atoms with E-state index in [2.05, 4.69) is 5.32 Å². The summed E-state index contributed by atoms with van der Waals surface area (Å²) >= 11 is 0. The Kier molecular flexibility index (Phi) is 10.6. The van der Waals surface area contributed by atoms with Crippen LogP contribution in [0, 0.1) is 0 Å². The van der Waals surface area contributed by atoms with Crippen molar-refractivity contribution in [2.24, 2.45) is 0 Å². The summed E-state index contributed by atoms with van der Waals surface area (Å²) in [5.74, 6) is -0.265. The Morgan fingerprint density at radius 1 is 0.837 bits per heavy atom. The van der Waals surface area contributed by atoms with E-state index >= 15 is 0 Å². The number of sulfonamides is 1. The summed E-state index contributed by atoms with van der Waals surface area (Å²) in [4.78, 5) is 29.3. The second-order valence-corrected chi connectivity index (χ2v) is 11.9. The zero-order valence-electron chi connectivity index (χ0n) is 24.6. The standard InChI is InChI=1S/C34H37N3O5S/c1-4-28-17-11-12-21-31(28)37(43(40,41)30-19-9-6-10-20-30)25-33(38)36(24-27-16-13-18-29(22-27)42-3)32(34(39)35-2)23-26-14-7-5-8-15-26/h5-22,32H,4,23-25H2,1-3H3,(H,35,39). The van der Waals surface area contributed by atoms with Gasteiger partial charge in [0.25, 0.3) is 10.0 Å². The van der Waals surface area contributed by atoms with Crippen LogP contribution in [0.4, 0.5) is 5.69 Å². The van der Waals surface area contributed by atoms with Gasteiger partial charge in [-0.15, -0.1) is 0 Å². The van der Waals surface area contributed by atoms with Crippen LogP contribution in [-0.2, 0) is 39.0 Å². The lowest BCUT2D eigenvalue weighted by atomic mass is 10.0. The second kappa shape index (κ2) is 14.5. The van der Waals surface area contributed by atoms with Gasteiger partial charge in [0.1, 0.15) is 18.3 Å². The molecule has 0 aliphatic heterocycles. The summed E-state index contributed by atoms with van der Waals surface area (Å²) in [6.45, 7) is 1.50. The van der Waals surface area contributed by atoms with Gasteiger partial charge in [0.2, 0.25) is 11.8 Å². The fraction of sp³-hybridized carbons (Fsp3) is 0.235. The van der Waals surface area contributed by atoms with Crippen molar-refractivity contribution in [3.8, 4) is 5.75 Å². The highest BCUT2D eigenvalue weighted by Crippen LogP contribution is 2.28. The highest BCUT2D eigenvalue weighted by Gasteiger charge is 2.34. The predicted molar refractivity (Wildman–Crippen MR) is 168 cm³/mol. The van der Waals surface area contributed by atoms with Crippen LogP contribution < -0.4 is 14.4 Å². The van der Waals surface area contributed by atoms with Crippen molar-refractivity contribution < 1.29 is 22.7 Å². The summed E-state index contributed by atoms with van der Waals surface area (Å²) in [6.07, 6.45) is 0.806. The van der Waals surface area contributed by atoms with E-state index in [9.17, 15) is 18.0 Å². The first-order valence-corrected chi connectivity index (χ1v) is 15.6. The number of carbonyl (C=O) groups is 2. The molecule has 0 aromatic heterocycles. The maximum absolute atomic E-state index is 14.4. The Morgan fingerprint density at radius 2 is 1.47 bits per heavy atom. The zero-order chi connectivity index (χ0) is 30.8. The number of benzene rings is 4. The van der Waals surface area contributed by atoms with Crippen LogP contribution in [0.2, 0.25) is 0 Å². The number of carbonyl (C=O) groups excluding carboxylic acids is 2. The summed E-state index contributed by atoms with van der Waals surface area (Å²) in [7, 11) is -1.06. The Balaban J connectivity index is 1.81. The van der Waals surface area contributed by atoms with Crippen LogP contribution >= 0.6 is 0 Å². The van der Waals surface area contributed by atoms with Crippen LogP contribution in [0.25, 0.3) is 0 Å². The summed E-state index contributed by atoms with van der Waals surface area (Å²) in [5.41, 5.74) is 2.80. The summed E-state index contributed by atoms with van der Waals surface area (Å²) in [6, 6.07) is 31.0. The van der Waals surface area contributed by atoms with E-state index in [-0.39, 0.29) is 23.8 Å². The number of likely N-dealkylation sites (N-methyl/N-ethyl adjacent to an activating group) is 1. The molecule has 224 valence electrons. The zero-order valence-corrected chi connectivity index (χ0v) is 25.5. The molecule has 0 radical (unpaired) electrons. The minimum absolute atomic E-state index is 0.0651. The van der Waals surface area contributed by atoms with Crippen molar-refractivity contribution in [1.29, 1.82) is 0 Å². The number of methoxy groups -OCH3 is 1. The molecule has 0 aliphatic carbocycles. The first-order valence-electron chi connectivity index (χ1n) is 14.1. The molecule has 1 atom stereocenters. The van der Waals surface area contributed by atoms with Gasteiger partial charge in [-0.25, -0.2) is 8.42 Å². The number of nitrogens with one attached hydrogen (secondary N) is 1. The van der Waals surface area contributed by atoms with Gasteiger partial charge >= 0.3 is 0 Å². The number of hydrogen-bond acceptors (Lipinski definition) is 5. The number of aryl methyl sites for hydroxylation is 1. The lowest BCUT2D eigenvalue weighted by Crippen LogP contribution is -2.53. The van der Waals surface area contributed by atoms with Crippen molar-refractivity contribution in [2.45, 2.75) is 37.2 Å². The first-order chi connectivity index (χ1) is 20.8. The smallest absolute Gasteiger partial charge is 0.264 e. The van der Waals surface area contributed by atoms with E-state index in [1.54, 1.807) is 49.6 Å². The van der Waals surface area contributed by atoms with E-state index in [0.29, 0.717) is 17.9 Å². The maximum atomic E-state index is 14.4. The van der Waals surface area contributed by atoms with Gasteiger partial charge < -0.3 is 15.0 Å². The largest absolute Gasteiger partial charge is 0.497 e. The van der Waals surface area contributed by atoms with Crippen LogP contribution in [0.1, 0.15) is 23.6 Å². The molecule has 0 spiro atoms. The quantitative estimate of drug-likeness (QED) is 0.237. The van der Waals surface area contributed by atoms with Crippen LogP contribution in [0.15, 0.2) is 114 Å². The molecule has 0 saturated carbocycles. The molecule has 9 heteroatoms. The molecule has 0 aliphatic rings. The van der Waals surface area contributed by atoms with Crippen molar-refractivity contribution in [3.63, 3.8) is 0 Å². The Hall–Kier alpha value is -4.63. The van der Waals surface area contributed by atoms with Crippen LogP contribution in [0.5, 0.6) is 5.75 Å². The van der Waals surface area contributed by atoms with Gasteiger partial charge in [-0.1, -0.05) is 85.8 Å². The van der Waals surface area contributed by atoms with Gasteiger partial charge in [0.15, 0.2) is 0 Å². The molecular weight excluding hydrogens is 562 g/mol. The Labute approximate surface area is 254 Å². The van der Waals surface area contributed by atoms with E-state index < -0.39 is 28.5 Å². The fourth-order valence-electron chi connectivity index (χ4n) is 4.97. The number of para-hydroxylation sites is 1. The third-order valence-corrected chi connectivity index (χ3v) is 9.03. The predicted octanol–water partition coefficient (Wildman–Crippen LogP) is 4.84. The van der Waals surface area contributed by atoms with Crippen molar-refractivity contribution in [2.75, 3.05) is 25.0 Å². The molecule has 4 rings (SSSR count). The molecule has 0 saturated heterocycles. The van der Waals surface area contributed by atoms with E-state index in [1.807, 2.05) is 61.5 Å². The molecule has 8 nitrogen and oxygen atoms in total. The van der Waals surface area contributed by atoms with E-state index in [4.69, 9.17) is 4.74 Å². The number of nitrogens with zero attached hydrogens (tertiary/aromatic N) is 2. The van der Waals surface area contributed by atoms with E-state index in [1.165, 1.54) is 24.1 Å². The number of hydrogen-bond donors (Lipinski definition) is 1. The van der Waals surface area contributed by atoms with Crippen LogP contribution in [-0.4, -0.2) is 51.9 Å². The molecule has 0 fully saturated rings. The van der Waals surface area contributed by atoms with Gasteiger partial charge in [-0.05, 0) is 53.4 Å². The van der Waals surface area contributed by atoms with Gasteiger partial charge in [0.05, 0.1) is 17.7 Å². The normalized spacial score (nSPS) is 11.8. The van der Waals surface area contributed by atoms with Gasteiger partial charge in [-0.2, -0.15) is 0 Å². The topological polar surface area (TPSA) is 96.0 Å². The molecule has 0 heterocycles. The Morgan fingerprint density at radius 3 is 2.12 bits per heavy atom. The average Bonchev–Trinajstić information content (AvgIpc) is 3.05. The Bertz CT molecular complexity index is 1630. The fourth-order valence-corrected chi connectivity index (χ4v) is 6.45. The average molecular weight is 600 g/mol. The lowest BCUT2D eigenvalue weighted by Gasteiger charge is -2.34. The molecule has 1 unspecified atom stereocenters. The summed E-state index contributed by atoms with van der Waals surface area (Å²) < 4.78 is 34.8. The lowest BCUT2D eigenvalue weighted by molar-refractivity contribution is -0.139. The third kappa shape index (κ3) is 7.61. The summed E-state index contributed by atoms with van der Waals surface area (Å²) in [5, 5.41) is 2.70. The highest BCUT2D eigenvalue weighted by molar-refractivity contribution is 7.92. The molecule has 0 bridgehead atoms. The number of rotatable bonds is 13. The minimum Gasteiger partial charge on any atom is -0.497 e. The monoisotopic (exact) mass is 599 g/mol. The van der Waals surface area contributed by atoms with Gasteiger partial charge in [0, 0.05) is 20.0 Å². The number of amides is 2. The maximum Gasteiger partial charge on any atom is 0.264 e. The molecule has 4 aromatic carbocycles. The van der Waals surface area contributed by atoms with Crippen molar-refractivity contribution in [1.82, 2.24) is 10.2 Å². The first kappa shape index (κ1) is 31.3. The van der Waals surface area contributed by atoms with Crippen molar-refractivity contribution in [3.05, 3.63) is 126 Å². The number of ether oxygens (including phenoxy) is 1. The van der Waals surface area contributed by atoms with Gasteiger partial charge in [-0.3, -0.25) is 13.9 Å². The van der Waals surface area contributed by atoms with E-state index in [0.717, 1.165) is 21.0 Å². The molecule has 1 N–H and O–H groups in total.